The molecule has 1 unspecified atom stereocenters. The van der Waals surface area contributed by atoms with Gasteiger partial charge in [-0.2, -0.15) is 0 Å². The highest BCUT2D eigenvalue weighted by Crippen LogP contribution is 2.29. The van der Waals surface area contributed by atoms with Crippen molar-refractivity contribution in [3.63, 3.8) is 0 Å². The van der Waals surface area contributed by atoms with Gasteiger partial charge in [-0.3, -0.25) is 5.84 Å². The third kappa shape index (κ3) is 2.78. The highest BCUT2D eigenvalue weighted by molar-refractivity contribution is 5.45. The van der Waals surface area contributed by atoms with Gasteiger partial charge in [0.2, 0.25) is 0 Å². The number of nitrogens with two attached hydrogens (primary N) is 1. The van der Waals surface area contributed by atoms with E-state index in [1.165, 1.54) is 5.56 Å². The van der Waals surface area contributed by atoms with E-state index in [4.69, 9.17) is 10.6 Å². The molecular formula is C16H20N2O. The number of nitrogens with one attached hydrogen (secondary N) is 1. The van der Waals surface area contributed by atoms with E-state index in [2.05, 4.69) is 36.6 Å². The first-order valence-corrected chi connectivity index (χ1v) is 6.33. The van der Waals surface area contributed by atoms with Gasteiger partial charge in [0.15, 0.2) is 0 Å². The van der Waals surface area contributed by atoms with Crippen LogP contribution in [-0.4, -0.2) is 7.11 Å². The summed E-state index contributed by atoms with van der Waals surface area (Å²) >= 11 is 0. The fraction of sp³-hybridized carbons (Fsp3) is 0.250. The first kappa shape index (κ1) is 13.6. The molecule has 2 aromatic rings. The topological polar surface area (TPSA) is 47.3 Å². The third-order valence-corrected chi connectivity index (χ3v) is 3.39. The van der Waals surface area contributed by atoms with Crippen LogP contribution in [0, 0.1) is 13.8 Å². The van der Waals surface area contributed by atoms with E-state index < -0.39 is 0 Å². The monoisotopic (exact) mass is 256 g/mol. The largest absolute Gasteiger partial charge is 0.496 e. The predicted octanol–water partition coefficient (Wildman–Crippen LogP) is 2.86. The minimum absolute atomic E-state index is 0.00851. The van der Waals surface area contributed by atoms with Gasteiger partial charge in [-0.1, -0.05) is 36.4 Å². The lowest BCUT2D eigenvalue weighted by atomic mass is 9.93. The van der Waals surface area contributed by atoms with E-state index in [0.717, 1.165) is 22.4 Å². The standard InChI is InChI=1S/C16H20N2O/c1-11-10-15(19-3)12(2)9-14(11)16(18-17)13-7-5-4-6-8-13/h4-10,16,18H,17H2,1-3H3. The van der Waals surface area contributed by atoms with Gasteiger partial charge in [-0.15, -0.1) is 0 Å². The second-order valence-corrected chi connectivity index (χ2v) is 4.69. The number of aryl methyl sites for hydroxylation is 2. The highest BCUT2D eigenvalue weighted by atomic mass is 16.5. The lowest BCUT2D eigenvalue weighted by Crippen LogP contribution is -2.29. The van der Waals surface area contributed by atoms with E-state index >= 15 is 0 Å². The highest BCUT2D eigenvalue weighted by Gasteiger charge is 2.16. The molecule has 3 nitrogen and oxygen atoms in total. The van der Waals surface area contributed by atoms with Crippen LogP contribution in [-0.2, 0) is 0 Å². The first-order valence-electron chi connectivity index (χ1n) is 6.33. The smallest absolute Gasteiger partial charge is 0.122 e. The van der Waals surface area contributed by atoms with Crippen LogP contribution in [0.4, 0.5) is 0 Å². The van der Waals surface area contributed by atoms with Crippen LogP contribution in [0.2, 0.25) is 0 Å². The van der Waals surface area contributed by atoms with E-state index in [1.807, 2.05) is 25.1 Å². The summed E-state index contributed by atoms with van der Waals surface area (Å²) < 4.78 is 5.35. The molecule has 0 amide bonds. The lowest BCUT2D eigenvalue weighted by Gasteiger charge is -2.20. The molecule has 19 heavy (non-hydrogen) atoms. The molecule has 0 heterocycles. The van der Waals surface area contributed by atoms with Crippen molar-refractivity contribution in [1.29, 1.82) is 0 Å². The predicted molar refractivity (Wildman–Crippen MR) is 78.1 cm³/mol. The maximum absolute atomic E-state index is 5.75. The number of methoxy groups -OCH3 is 1. The van der Waals surface area contributed by atoms with E-state index in [9.17, 15) is 0 Å². The number of hydrazine groups is 1. The Balaban J connectivity index is 2.47. The van der Waals surface area contributed by atoms with Crippen molar-refractivity contribution in [1.82, 2.24) is 5.43 Å². The van der Waals surface area contributed by atoms with Crippen molar-refractivity contribution in [2.24, 2.45) is 5.84 Å². The molecule has 1 atom stereocenters. The maximum atomic E-state index is 5.75. The normalized spacial score (nSPS) is 12.2. The van der Waals surface area contributed by atoms with E-state index in [1.54, 1.807) is 7.11 Å². The Kier molecular flexibility index (Phi) is 4.20. The zero-order chi connectivity index (χ0) is 13.8. The van der Waals surface area contributed by atoms with Crippen molar-refractivity contribution < 1.29 is 4.74 Å². The van der Waals surface area contributed by atoms with Gasteiger partial charge in [0.05, 0.1) is 13.2 Å². The second-order valence-electron chi connectivity index (χ2n) is 4.69. The molecule has 2 aromatic carbocycles. The molecule has 0 radical (unpaired) electrons. The number of ether oxygens (including phenoxy) is 1. The number of benzene rings is 2. The van der Waals surface area contributed by atoms with Crippen molar-refractivity contribution in [2.75, 3.05) is 7.11 Å². The van der Waals surface area contributed by atoms with Crippen LogP contribution in [0.1, 0.15) is 28.3 Å². The van der Waals surface area contributed by atoms with Gasteiger partial charge in [0.25, 0.3) is 0 Å². The van der Waals surface area contributed by atoms with Crippen LogP contribution in [0.3, 0.4) is 0 Å². The van der Waals surface area contributed by atoms with Gasteiger partial charge in [-0.25, -0.2) is 5.43 Å². The molecule has 2 rings (SSSR count). The quantitative estimate of drug-likeness (QED) is 0.653. The Hall–Kier alpha value is -1.84. The number of rotatable bonds is 4. The van der Waals surface area contributed by atoms with Crippen molar-refractivity contribution in [3.05, 3.63) is 64.7 Å². The van der Waals surface area contributed by atoms with E-state index in [0.29, 0.717) is 0 Å². The van der Waals surface area contributed by atoms with Crippen LogP contribution >= 0.6 is 0 Å². The summed E-state index contributed by atoms with van der Waals surface area (Å²) in [7, 11) is 1.69. The van der Waals surface area contributed by atoms with Gasteiger partial charge in [0.1, 0.15) is 5.75 Å². The van der Waals surface area contributed by atoms with Crippen molar-refractivity contribution in [2.45, 2.75) is 19.9 Å². The zero-order valence-electron chi connectivity index (χ0n) is 11.6. The summed E-state index contributed by atoms with van der Waals surface area (Å²) in [5.74, 6) is 6.65. The summed E-state index contributed by atoms with van der Waals surface area (Å²) in [4.78, 5) is 0. The molecule has 0 saturated carbocycles. The summed E-state index contributed by atoms with van der Waals surface area (Å²) in [6, 6.07) is 14.4. The van der Waals surface area contributed by atoms with Crippen molar-refractivity contribution >= 4 is 0 Å². The van der Waals surface area contributed by atoms with Crippen LogP contribution in [0.15, 0.2) is 42.5 Å². The lowest BCUT2D eigenvalue weighted by molar-refractivity contribution is 0.411. The fourth-order valence-electron chi connectivity index (χ4n) is 2.35. The molecule has 3 N–H and O–H groups in total. The minimum Gasteiger partial charge on any atom is -0.496 e. The molecule has 0 aromatic heterocycles. The molecule has 0 fully saturated rings. The fourth-order valence-corrected chi connectivity index (χ4v) is 2.35. The Labute approximate surface area is 114 Å². The maximum Gasteiger partial charge on any atom is 0.122 e. The zero-order valence-corrected chi connectivity index (χ0v) is 11.6. The molecule has 3 heteroatoms. The van der Waals surface area contributed by atoms with Crippen LogP contribution in [0.5, 0.6) is 5.75 Å². The molecule has 0 spiro atoms. The summed E-state index contributed by atoms with van der Waals surface area (Å²) in [5, 5.41) is 0. The SMILES string of the molecule is COc1cc(C)c(C(NN)c2ccccc2)cc1C. The first-order chi connectivity index (χ1) is 9.17. The molecule has 0 aliphatic heterocycles. The average Bonchev–Trinajstić information content (AvgIpc) is 2.44. The second kappa shape index (κ2) is 5.87. The molecule has 0 aliphatic rings. The Morgan fingerprint density at radius 1 is 1.05 bits per heavy atom. The summed E-state index contributed by atoms with van der Waals surface area (Å²) in [6.45, 7) is 4.12. The Morgan fingerprint density at radius 2 is 1.74 bits per heavy atom. The van der Waals surface area contributed by atoms with Crippen LogP contribution in [0.25, 0.3) is 0 Å². The molecule has 0 saturated heterocycles. The van der Waals surface area contributed by atoms with Gasteiger partial charge in [-0.05, 0) is 42.2 Å². The minimum atomic E-state index is -0.00851. The van der Waals surface area contributed by atoms with Crippen LogP contribution < -0.4 is 16.0 Å². The third-order valence-electron chi connectivity index (χ3n) is 3.39. The summed E-state index contributed by atoms with van der Waals surface area (Å²) in [6.07, 6.45) is 0. The number of hydrogen-bond acceptors (Lipinski definition) is 3. The Bertz CT molecular complexity index is 552. The number of hydrogen-bond donors (Lipinski definition) is 2. The average molecular weight is 256 g/mol. The van der Waals surface area contributed by atoms with E-state index in [-0.39, 0.29) is 6.04 Å². The molecular weight excluding hydrogens is 236 g/mol. The molecule has 0 aliphatic carbocycles. The van der Waals surface area contributed by atoms with Gasteiger partial charge < -0.3 is 4.74 Å². The molecule has 100 valence electrons. The van der Waals surface area contributed by atoms with Gasteiger partial charge in [0, 0.05) is 0 Å². The van der Waals surface area contributed by atoms with Crippen molar-refractivity contribution in [3.8, 4) is 5.75 Å². The molecule has 0 bridgehead atoms. The Morgan fingerprint density at radius 3 is 2.32 bits per heavy atom. The summed E-state index contributed by atoms with van der Waals surface area (Å²) in [5.41, 5.74) is 7.49. The van der Waals surface area contributed by atoms with Gasteiger partial charge >= 0.3 is 0 Å².